The number of carbonyl (C=O) groups is 1. The van der Waals surface area contributed by atoms with Crippen molar-refractivity contribution in [2.75, 3.05) is 0 Å². The predicted octanol–water partition coefficient (Wildman–Crippen LogP) is -0.653. The zero-order chi connectivity index (χ0) is 10.9. The number of carboxylic acids is 1. The first-order chi connectivity index (χ1) is 6.34. The van der Waals surface area contributed by atoms with Crippen LogP contribution < -0.4 is 58.2 Å². The van der Waals surface area contributed by atoms with E-state index in [2.05, 4.69) is 0 Å². The zero-order valence-corrected chi connectivity index (χ0v) is 12.4. The summed E-state index contributed by atoms with van der Waals surface area (Å²) in [4.78, 5) is 10.3. The summed E-state index contributed by atoms with van der Waals surface area (Å²) in [5, 5.41) is 8.37. The Morgan fingerprint density at radius 3 is 2.27 bits per heavy atom. The average Bonchev–Trinajstić information content (AvgIpc) is 2.01. The number of hydrogen-bond acceptors (Lipinski definition) is 1. The van der Waals surface area contributed by atoms with Crippen molar-refractivity contribution in [3.8, 4) is 0 Å². The number of rotatable bonds is 1. The van der Waals surface area contributed by atoms with Crippen LogP contribution in [-0.2, 0) is 6.18 Å². The second kappa shape index (κ2) is 5.52. The van der Waals surface area contributed by atoms with E-state index in [0.29, 0.717) is 6.07 Å². The van der Waals surface area contributed by atoms with Crippen molar-refractivity contribution >= 4 is 5.97 Å². The molecule has 15 heavy (non-hydrogen) atoms. The molecule has 0 saturated carbocycles. The van der Waals surface area contributed by atoms with Crippen LogP contribution in [0.25, 0.3) is 0 Å². The summed E-state index contributed by atoms with van der Waals surface area (Å²) in [6.45, 7) is 0. The quantitative estimate of drug-likeness (QED) is 0.552. The molecule has 0 bridgehead atoms. The van der Waals surface area contributed by atoms with E-state index in [1.54, 1.807) is 6.07 Å². The molecule has 0 atom stereocenters. The number of hydrogen-bond donors (Lipinski definition) is 1. The Balaban J connectivity index is 0.00000196. The summed E-state index contributed by atoms with van der Waals surface area (Å²) in [5.41, 5.74) is -2.92. The van der Waals surface area contributed by atoms with Gasteiger partial charge >= 0.3 is 70.3 Å². The van der Waals surface area contributed by atoms with Crippen LogP contribution in [0.5, 0.6) is 0 Å². The minimum atomic E-state index is -5.03. The maximum Gasteiger partial charge on any atom is 1.00 e. The molecule has 0 unspecified atom stereocenters. The van der Waals surface area contributed by atoms with Gasteiger partial charge in [-0.2, -0.15) is 25.3 Å². The number of alkyl halides is 3. The smallest absolute Gasteiger partial charge is 0.479 e. The van der Waals surface area contributed by atoms with E-state index in [1.165, 1.54) is 0 Å². The molecular formula is C8H3F4O2Rb. The van der Waals surface area contributed by atoms with Crippen molar-refractivity contribution < 1.29 is 85.7 Å². The van der Waals surface area contributed by atoms with E-state index in [0.717, 1.165) is 6.07 Å². The fraction of sp³-hybridized carbons (Fsp3) is 0.125. The molecule has 0 spiro atoms. The van der Waals surface area contributed by atoms with Crippen LogP contribution >= 0.6 is 0 Å². The second-order valence-electron chi connectivity index (χ2n) is 2.38. The summed E-state index contributed by atoms with van der Waals surface area (Å²) in [7, 11) is 0. The molecular weight excluding hydrogens is 290 g/mol. The maximum absolute atomic E-state index is 12.7. The Morgan fingerprint density at radius 2 is 1.93 bits per heavy atom. The van der Waals surface area contributed by atoms with Crippen LogP contribution in [0.2, 0.25) is 0 Å². The molecule has 1 aromatic rings. The Bertz CT molecular complexity index is 375. The molecule has 1 N–H and O–H groups in total. The first kappa shape index (κ1) is 15.2. The molecule has 0 aliphatic carbocycles. The summed E-state index contributed by atoms with van der Waals surface area (Å²) >= 11 is 0. The third-order valence-electron chi connectivity index (χ3n) is 1.46. The maximum atomic E-state index is 12.7. The standard InChI is InChI=1S/C8H3F4O2.Rb/c9-5-3-1-2-4(7(13)14)6(5)8(10,11)12;/h1-2H,(H,13,14);/q-1;+1. The molecule has 2 nitrogen and oxygen atoms in total. The van der Waals surface area contributed by atoms with Crippen LogP contribution in [0.1, 0.15) is 15.9 Å². The minimum Gasteiger partial charge on any atom is -0.479 e. The van der Waals surface area contributed by atoms with Crippen LogP contribution in [-0.4, -0.2) is 11.1 Å². The van der Waals surface area contributed by atoms with Gasteiger partial charge < -0.3 is 5.11 Å². The second-order valence-corrected chi connectivity index (χ2v) is 2.38. The summed E-state index contributed by atoms with van der Waals surface area (Å²) in [6, 6.07) is 3.08. The van der Waals surface area contributed by atoms with Crippen molar-refractivity contribution in [2.45, 2.75) is 6.18 Å². The predicted molar refractivity (Wildman–Crippen MR) is 37.2 cm³/mol. The molecule has 0 amide bonds. The molecule has 0 saturated heterocycles. The zero-order valence-electron chi connectivity index (χ0n) is 7.52. The minimum absolute atomic E-state index is 0. The molecule has 1 aromatic carbocycles. The van der Waals surface area contributed by atoms with E-state index >= 15 is 0 Å². The van der Waals surface area contributed by atoms with Gasteiger partial charge in [0.25, 0.3) is 0 Å². The number of carboxylic acid groups (broad SMARTS) is 1. The van der Waals surface area contributed by atoms with E-state index < -0.39 is 29.1 Å². The average molecular weight is 293 g/mol. The molecule has 1 rings (SSSR count). The van der Waals surface area contributed by atoms with E-state index in [4.69, 9.17) is 5.11 Å². The van der Waals surface area contributed by atoms with Gasteiger partial charge in [-0.05, 0) is 11.1 Å². The van der Waals surface area contributed by atoms with Crippen LogP contribution in [0.4, 0.5) is 17.6 Å². The van der Waals surface area contributed by atoms with Gasteiger partial charge in [-0.3, -0.25) is 0 Å². The van der Waals surface area contributed by atoms with Crippen molar-refractivity contribution in [1.82, 2.24) is 0 Å². The number of benzene rings is 1. The molecule has 76 valence electrons. The van der Waals surface area contributed by atoms with E-state index in [-0.39, 0.29) is 58.2 Å². The third kappa shape index (κ3) is 3.62. The van der Waals surface area contributed by atoms with Crippen molar-refractivity contribution in [3.63, 3.8) is 0 Å². The SMILES string of the molecule is O=C(O)c1cc[c-]c(F)c1C(F)(F)F.[Rb+]. The van der Waals surface area contributed by atoms with E-state index in [1.807, 2.05) is 0 Å². The molecule has 0 aromatic heterocycles. The molecule has 0 radical (unpaired) electrons. The van der Waals surface area contributed by atoms with Gasteiger partial charge in [0.05, 0.1) is 0 Å². The van der Waals surface area contributed by atoms with Crippen LogP contribution in [0.3, 0.4) is 0 Å². The molecule has 0 aliphatic heterocycles. The van der Waals surface area contributed by atoms with Gasteiger partial charge in [-0.25, -0.2) is 9.18 Å². The van der Waals surface area contributed by atoms with Crippen LogP contribution in [0, 0.1) is 11.9 Å². The Labute approximate surface area is 131 Å². The molecule has 0 fully saturated rings. The van der Waals surface area contributed by atoms with Gasteiger partial charge in [-0.1, -0.05) is 0 Å². The normalized spacial score (nSPS) is 10.7. The van der Waals surface area contributed by atoms with Crippen molar-refractivity contribution in [3.05, 3.63) is 35.1 Å². The van der Waals surface area contributed by atoms with Crippen LogP contribution in [0.15, 0.2) is 12.1 Å². The van der Waals surface area contributed by atoms with Gasteiger partial charge in [-0.15, -0.1) is 6.07 Å². The number of aromatic carboxylic acids is 1. The Hall–Kier alpha value is 0.215. The van der Waals surface area contributed by atoms with Gasteiger partial charge in [0.15, 0.2) is 0 Å². The molecule has 7 heteroatoms. The van der Waals surface area contributed by atoms with Gasteiger partial charge in [0, 0.05) is 5.82 Å². The van der Waals surface area contributed by atoms with Crippen molar-refractivity contribution in [2.24, 2.45) is 0 Å². The van der Waals surface area contributed by atoms with E-state index in [9.17, 15) is 22.4 Å². The summed E-state index contributed by atoms with van der Waals surface area (Å²) in [6.07, 6.45) is -5.03. The summed E-state index contributed by atoms with van der Waals surface area (Å²) in [5.74, 6) is -3.54. The monoisotopic (exact) mass is 292 g/mol. The molecule has 0 aliphatic rings. The summed E-state index contributed by atoms with van der Waals surface area (Å²) < 4.78 is 49.1. The largest absolute Gasteiger partial charge is 1.00 e. The van der Waals surface area contributed by atoms with Gasteiger partial charge in [0.2, 0.25) is 0 Å². The fourth-order valence-electron chi connectivity index (χ4n) is 0.927. The number of halogens is 4. The topological polar surface area (TPSA) is 37.3 Å². The van der Waals surface area contributed by atoms with Gasteiger partial charge in [0.1, 0.15) is 0 Å². The van der Waals surface area contributed by atoms with Crippen molar-refractivity contribution in [1.29, 1.82) is 0 Å². The Morgan fingerprint density at radius 1 is 1.40 bits per heavy atom. The fourth-order valence-corrected chi connectivity index (χ4v) is 0.927. The third-order valence-corrected chi connectivity index (χ3v) is 1.46. The Kier molecular flexibility index (Phi) is 5.59. The first-order valence-corrected chi connectivity index (χ1v) is 3.34. The first-order valence-electron chi connectivity index (χ1n) is 3.34. The molecule has 0 heterocycles.